The largest absolute Gasteiger partial charge is 0.506 e. The molecule has 0 radical (unpaired) electrons. The quantitative estimate of drug-likeness (QED) is 0.813. The molecule has 0 aliphatic carbocycles. The van der Waals surface area contributed by atoms with Crippen LogP contribution in [0.2, 0.25) is 0 Å². The van der Waals surface area contributed by atoms with E-state index in [1.54, 1.807) is 13.0 Å². The van der Waals surface area contributed by atoms with Crippen molar-refractivity contribution in [1.82, 2.24) is 0 Å². The minimum absolute atomic E-state index is 0.0463. The monoisotopic (exact) mass is 234 g/mol. The number of rotatable bonds is 2. The van der Waals surface area contributed by atoms with Crippen molar-refractivity contribution < 1.29 is 19.0 Å². The van der Waals surface area contributed by atoms with Crippen molar-refractivity contribution in [1.29, 1.82) is 0 Å². The molecule has 0 amide bonds. The Morgan fingerprint density at radius 1 is 1.29 bits per heavy atom. The molecule has 0 spiro atoms. The molecular weight excluding hydrogens is 223 g/mol. The topological polar surface area (TPSA) is 46.5 Å². The number of aromatic hydroxyl groups is 1. The van der Waals surface area contributed by atoms with Crippen molar-refractivity contribution in [2.75, 3.05) is 6.61 Å². The van der Waals surface area contributed by atoms with Gasteiger partial charge in [0.1, 0.15) is 17.1 Å². The highest BCUT2D eigenvalue weighted by Crippen LogP contribution is 2.30. The molecule has 2 aromatic carbocycles. The Balaban J connectivity index is 2.62. The van der Waals surface area contributed by atoms with Gasteiger partial charge >= 0.3 is 5.97 Å². The zero-order valence-electron chi connectivity index (χ0n) is 9.24. The molecule has 0 saturated carbocycles. The third kappa shape index (κ3) is 1.93. The van der Waals surface area contributed by atoms with Crippen LogP contribution >= 0.6 is 0 Å². The number of carbonyl (C=O) groups is 1. The summed E-state index contributed by atoms with van der Waals surface area (Å²) in [6, 6.07) is 7.14. The van der Waals surface area contributed by atoms with Gasteiger partial charge in [-0.2, -0.15) is 0 Å². The zero-order valence-corrected chi connectivity index (χ0v) is 9.24. The minimum atomic E-state index is -0.615. The summed E-state index contributed by atoms with van der Waals surface area (Å²) < 4.78 is 18.2. The Morgan fingerprint density at radius 3 is 2.76 bits per heavy atom. The molecule has 17 heavy (non-hydrogen) atoms. The molecule has 0 atom stereocenters. The standard InChI is InChI=1S/C13H11FO3/c1-2-17-13(16)10-7-6-8-9(12(10)15)4-3-5-11(8)14/h3-7,15H,2H2,1H3. The average molecular weight is 234 g/mol. The summed E-state index contributed by atoms with van der Waals surface area (Å²) in [6.45, 7) is 1.90. The van der Waals surface area contributed by atoms with Gasteiger partial charge in [0.2, 0.25) is 0 Å². The van der Waals surface area contributed by atoms with E-state index >= 15 is 0 Å². The fraction of sp³-hybridized carbons (Fsp3) is 0.154. The predicted octanol–water partition coefficient (Wildman–Crippen LogP) is 2.86. The number of carbonyl (C=O) groups excluding carboxylic acids is 1. The maximum absolute atomic E-state index is 13.4. The van der Waals surface area contributed by atoms with Gasteiger partial charge in [0.25, 0.3) is 0 Å². The van der Waals surface area contributed by atoms with Gasteiger partial charge in [-0.3, -0.25) is 0 Å². The number of hydrogen-bond acceptors (Lipinski definition) is 3. The van der Waals surface area contributed by atoms with Crippen molar-refractivity contribution in [3.63, 3.8) is 0 Å². The number of ether oxygens (including phenoxy) is 1. The van der Waals surface area contributed by atoms with Crippen LogP contribution in [0.15, 0.2) is 30.3 Å². The number of hydrogen-bond donors (Lipinski definition) is 1. The second kappa shape index (κ2) is 4.41. The lowest BCUT2D eigenvalue weighted by atomic mass is 10.0. The molecular formula is C13H11FO3. The van der Waals surface area contributed by atoms with Gasteiger partial charge in [0.15, 0.2) is 0 Å². The van der Waals surface area contributed by atoms with Crippen LogP contribution in [-0.4, -0.2) is 17.7 Å². The van der Waals surface area contributed by atoms with E-state index in [0.29, 0.717) is 5.39 Å². The third-order valence-corrected chi connectivity index (χ3v) is 2.48. The lowest BCUT2D eigenvalue weighted by Gasteiger charge is -2.07. The van der Waals surface area contributed by atoms with Gasteiger partial charge in [-0.25, -0.2) is 9.18 Å². The van der Waals surface area contributed by atoms with E-state index in [-0.39, 0.29) is 23.3 Å². The summed E-state index contributed by atoms with van der Waals surface area (Å²) in [5, 5.41) is 10.5. The number of phenols is 1. The molecule has 0 fully saturated rings. The number of halogens is 1. The molecule has 3 nitrogen and oxygen atoms in total. The molecule has 88 valence electrons. The fourth-order valence-corrected chi connectivity index (χ4v) is 1.68. The normalized spacial score (nSPS) is 10.5. The van der Waals surface area contributed by atoms with Crippen LogP contribution < -0.4 is 0 Å². The summed E-state index contributed by atoms with van der Waals surface area (Å²) >= 11 is 0. The van der Waals surface area contributed by atoms with Crippen molar-refractivity contribution in [3.05, 3.63) is 41.7 Å². The van der Waals surface area contributed by atoms with Crippen LogP contribution in [0.4, 0.5) is 4.39 Å². The van der Waals surface area contributed by atoms with Gasteiger partial charge in [0.05, 0.1) is 6.61 Å². The molecule has 2 aromatic rings. The predicted molar refractivity (Wildman–Crippen MR) is 61.5 cm³/mol. The highest BCUT2D eigenvalue weighted by atomic mass is 19.1. The van der Waals surface area contributed by atoms with Gasteiger partial charge < -0.3 is 9.84 Å². The highest BCUT2D eigenvalue weighted by molar-refractivity contribution is 6.01. The van der Waals surface area contributed by atoms with E-state index in [1.165, 1.54) is 24.3 Å². The summed E-state index contributed by atoms with van der Waals surface area (Å²) in [5.74, 6) is -1.30. The smallest absolute Gasteiger partial charge is 0.341 e. The van der Waals surface area contributed by atoms with Gasteiger partial charge in [-0.1, -0.05) is 18.2 Å². The van der Waals surface area contributed by atoms with Crippen LogP contribution in [0, 0.1) is 5.82 Å². The van der Waals surface area contributed by atoms with Crippen molar-refractivity contribution in [3.8, 4) is 5.75 Å². The van der Waals surface area contributed by atoms with E-state index in [2.05, 4.69) is 0 Å². The van der Waals surface area contributed by atoms with Crippen molar-refractivity contribution in [2.45, 2.75) is 6.92 Å². The average Bonchev–Trinajstić information content (AvgIpc) is 2.31. The molecule has 0 aliphatic rings. The molecule has 0 saturated heterocycles. The fourth-order valence-electron chi connectivity index (χ4n) is 1.68. The van der Waals surface area contributed by atoms with Crippen LogP contribution in [-0.2, 0) is 4.74 Å². The third-order valence-electron chi connectivity index (χ3n) is 2.48. The lowest BCUT2D eigenvalue weighted by Crippen LogP contribution is -2.05. The van der Waals surface area contributed by atoms with Gasteiger partial charge in [-0.15, -0.1) is 0 Å². The first-order chi connectivity index (χ1) is 8.15. The Hall–Kier alpha value is -2.10. The van der Waals surface area contributed by atoms with E-state index in [4.69, 9.17) is 4.74 Å². The highest BCUT2D eigenvalue weighted by Gasteiger charge is 2.15. The minimum Gasteiger partial charge on any atom is -0.506 e. The maximum Gasteiger partial charge on any atom is 0.341 e. The van der Waals surface area contributed by atoms with E-state index in [1.807, 2.05) is 0 Å². The van der Waals surface area contributed by atoms with E-state index < -0.39 is 11.8 Å². The summed E-state index contributed by atoms with van der Waals surface area (Å²) in [6.07, 6.45) is 0. The lowest BCUT2D eigenvalue weighted by molar-refractivity contribution is 0.0523. The summed E-state index contributed by atoms with van der Waals surface area (Å²) in [7, 11) is 0. The van der Waals surface area contributed by atoms with Gasteiger partial charge in [0, 0.05) is 10.8 Å². The Bertz CT molecular complexity index is 578. The Labute approximate surface area is 97.4 Å². The zero-order chi connectivity index (χ0) is 12.4. The summed E-state index contributed by atoms with van der Waals surface area (Å²) in [5.41, 5.74) is 0.0463. The Morgan fingerprint density at radius 2 is 2.06 bits per heavy atom. The number of fused-ring (bicyclic) bond motifs is 1. The molecule has 1 N–H and O–H groups in total. The van der Waals surface area contributed by atoms with Crippen LogP contribution in [0.5, 0.6) is 5.75 Å². The molecule has 0 aromatic heterocycles. The number of esters is 1. The maximum atomic E-state index is 13.4. The number of phenolic OH excluding ortho intramolecular Hbond substituents is 1. The van der Waals surface area contributed by atoms with Gasteiger partial charge in [-0.05, 0) is 19.1 Å². The van der Waals surface area contributed by atoms with E-state index in [9.17, 15) is 14.3 Å². The second-order valence-electron chi connectivity index (χ2n) is 3.52. The number of benzene rings is 2. The van der Waals surface area contributed by atoms with Crippen LogP contribution in [0.25, 0.3) is 10.8 Å². The van der Waals surface area contributed by atoms with Crippen molar-refractivity contribution in [2.24, 2.45) is 0 Å². The first-order valence-electron chi connectivity index (χ1n) is 5.22. The van der Waals surface area contributed by atoms with E-state index in [0.717, 1.165) is 0 Å². The Kier molecular flexibility index (Phi) is 2.95. The second-order valence-corrected chi connectivity index (χ2v) is 3.52. The molecule has 0 heterocycles. The van der Waals surface area contributed by atoms with Crippen molar-refractivity contribution >= 4 is 16.7 Å². The molecule has 0 bridgehead atoms. The molecule has 0 unspecified atom stereocenters. The molecule has 2 rings (SSSR count). The summed E-state index contributed by atoms with van der Waals surface area (Å²) in [4.78, 5) is 11.5. The first-order valence-corrected chi connectivity index (χ1v) is 5.22. The first kappa shape index (κ1) is 11.4. The molecule has 4 heteroatoms. The molecule has 0 aliphatic heterocycles. The SMILES string of the molecule is CCOC(=O)c1ccc2c(F)cccc2c1O. The van der Waals surface area contributed by atoms with Crippen LogP contribution in [0.3, 0.4) is 0 Å². The van der Waals surface area contributed by atoms with Crippen LogP contribution in [0.1, 0.15) is 17.3 Å².